The molecule has 3 N–H and O–H groups in total. The van der Waals surface area contributed by atoms with Crippen LogP contribution in [-0.4, -0.2) is 65.4 Å². The first-order valence-electron chi connectivity index (χ1n) is 14.1. The van der Waals surface area contributed by atoms with Gasteiger partial charge in [0.15, 0.2) is 11.5 Å². The molecule has 2 saturated heterocycles. The molecule has 0 unspecified atom stereocenters. The normalized spacial score (nSPS) is 24.6. The Morgan fingerprint density at radius 1 is 1.20 bits per heavy atom. The largest absolute Gasteiger partial charge is 0.504 e. The number of likely N-dealkylation sites (tertiary alicyclic amines) is 1. The third kappa shape index (κ3) is 5.84. The zero-order valence-electron chi connectivity index (χ0n) is 23.3. The number of aliphatic hydroxyl groups excluding tert-OH is 1. The van der Waals surface area contributed by atoms with E-state index in [1.807, 2.05) is 43.3 Å². The molecule has 5 rings (SSSR count). The molecule has 0 radical (unpaired) electrons. The lowest BCUT2D eigenvalue weighted by Gasteiger charge is -2.43. The van der Waals surface area contributed by atoms with Crippen LogP contribution in [0.2, 0.25) is 6.32 Å². The molecule has 2 aromatic carbocycles. The summed E-state index contributed by atoms with van der Waals surface area (Å²) >= 11 is 2.08. The Hall–Kier alpha value is -2.67. The predicted molar refractivity (Wildman–Crippen MR) is 165 cm³/mol. The van der Waals surface area contributed by atoms with Crippen LogP contribution < -0.4 is 4.74 Å². The second-order valence-electron chi connectivity index (χ2n) is 10.9. The van der Waals surface area contributed by atoms with Gasteiger partial charge in [0, 0.05) is 6.54 Å². The maximum atomic E-state index is 13.4. The number of rotatable bonds is 9. The van der Waals surface area contributed by atoms with Crippen molar-refractivity contribution in [1.29, 1.82) is 0 Å². The minimum absolute atomic E-state index is 0.0960. The molecule has 2 fully saturated rings. The minimum Gasteiger partial charge on any atom is -0.504 e. The highest BCUT2D eigenvalue weighted by atomic mass is 127. The summed E-state index contributed by atoms with van der Waals surface area (Å²) in [5, 5.41) is 31.5. The summed E-state index contributed by atoms with van der Waals surface area (Å²) < 4.78 is 12.1. The van der Waals surface area contributed by atoms with E-state index in [1.165, 1.54) is 12.0 Å². The van der Waals surface area contributed by atoms with Crippen LogP contribution in [-0.2, 0) is 14.2 Å². The van der Waals surface area contributed by atoms with Crippen molar-refractivity contribution < 1.29 is 34.2 Å². The Balaban J connectivity index is 1.47. The molecule has 2 heterocycles. The number of nitrogens with zero attached hydrogens (tertiary/aromatic N) is 1. The van der Waals surface area contributed by atoms with Gasteiger partial charge in [0.1, 0.15) is 0 Å². The molecule has 3 aliphatic rings. The van der Waals surface area contributed by atoms with Gasteiger partial charge in [-0.3, -0.25) is 14.5 Å². The van der Waals surface area contributed by atoms with Crippen molar-refractivity contribution in [3.05, 3.63) is 68.3 Å². The Bertz CT molecular complexity index is 1380. The summed E-state index contributed by atoms with van der Waals surface area (Å²) in [6.45, 7) is 2.11. The summed E-state index contributed by atoms with van der Waals surface area (Å²) in [6.07, 6.45) is 3.89. The second kappa shape index (κ2) is 12.7. The predicted octanol–water partition coefficient (Wildman–Crippen LogP) is 4.53. The maximum Gasteiger partial charge on any atom is 0.455 e. The average molecular weight is 671 g/mol. The van der Waals surface area contributed by atoms with Gasteiger partial charge in [-0.15, -0.1) is 0 Å². The summed E-state index contributed by atoms with van der Waals surface area (Å²) in [6, 6.07) is 13.6. The number of imide groups is 1. The number of phenolic OH excluding ortho intramolecular Hbond substituents is 1. The molecule has 10 heteroatoms. The zero-order valence-corrected chi connectivity index (χ0v) is 25.4. The number of carbonyl (C=O) groups is 2. The van der Waals surface area contributed by atoms with Gasteiger partial charge in [0.25, 0.3) is 0 Å². The van der Waals surface area contributed by atoms with Gasteiger partial charge in [-0.1, -0.05) is 43.3 Å². The van der Waals surface area contributed by atoms with E-state index in [4.69, 9.17) is 9.39 Å². The lowest BCUT2D eigenvalue weighted by atomic mass is 9.58. The summed E-state index contributed by atoms with van der Waals surface area (Å²) in [7, 11) is 0.451. The number of methoxy groups -OCH3 is 1. The Labute approximate surface area is 254 Å². The first-order chi connectivity index (χ1) is 19.8. The van der Waals surface area contributed by atoms with Gasteiger partial charge in [0.2, 0.25) is 11.8 Å². The van der Waals surface area contributed by atoms with Gasteiger partial charge in [-0.05, 0) is 100 Å². The number of halogens is 1. The Kier molecular flexibility index (Phi) is 9.22. The molecule has 0 saturated carbocycles. The van der Waals surface area contributed by atoms with E-state index in [-0.39, 0.29) is 36.4 Å². The van der Waals surface area contributed by atoms with Crippen molar-refractivity contribution >= 4 is 53.2 Å². The minimum atomic E-state index is -1.07. The van der Waals surface area contributed by atoms with Crippen molar-refractivity contribution in [1.82, 2.24) is 4.90 Å². The number of aliphatic hydroxyl groups is 1. The quantitative estimate of drug-likeness (QED) is 0.118. The van der Waals surface area contributed by atoms with Crippen LogP contribution in [0.4, 0.5) is 0 Å². The number of amides is 2. The fraction of sp³-hybridized carbons (Fsp3) is 0.419. The fourth-order valence-corrected chi connectivity index (χ4v) is 7.32. The molecule has 8 nitrogen and oxygen atoms in total. The van der Waals surface area contributed by atoms with Crippen LogP contribution in [0.1, 0.15) is 43.7 Å². The standard InChI is InChI=1S/C31H35BINO7/c1-3-11-34-30(37)22-15-21(17-35)27-23(28(22)31(34)38)16-32(39)41-25(27)10-9-20(19-7-5-4-6-8-19)12-18-13-24(33)29(36)26(14-18)40-2/h4-8,12-14,22-23,25,28,35-36,39H,3,9-11,15-17H2,1-2H3/b20-12-/t22-,23+,25-,28-/m1/s1. The summed E-state index contributed by atoms with van der Waals surface area (Å²) in [5.41, 5.74) is 4.53. The topological polar surface area (TPSA) is 117 Å². The SMILES string of the molecule is CCCN1C(=O)[C@@H]2[C@@H](CC(CO)=C3[C@@H](CC/C(=C/c4cc(I)c(O)c(OC)c4)c4ccccc4)OB(O)C[C@@H]32)C1=O. The van der Waals surface area contributed by atoms with E-state index in [2.05, 4.69) is 28.7 Å². The number of hydrogen-bond donors (Lipinski definition) is 3. The first kappa shape index (κ1) is 29.8. The van der Waals surface area contributed by atoms with Gasteiger partial charge >= 0.3 is 7.12 Å². The van der Waals surface area contributed by atoms with Gasteiger partial charge in [-0.25, -0.2) is 0 Å². The van der Waals surface area contributed by atoms with Gasteiger partial charge in [0.05, 0.1) is 35.2 Å². The molecule has 0 aromatic heterocycles. The number of hydrogen-bond acceptors (Lipinski definition) is 7. The maximum absolute atomic E-state index is 13.4. The summed E-state index contributed by atoms with van der Waals surface area (Å²) in [4.78, 5) is 27.9. The van der Waals surface area contributed by atoms with Crippen LogP contribution in [0.15, 0.2) is 53.6 Å². The number of phenols is 1. The lowest BCUT2D eigenvalue weighted by molar-refractivity contribution is -0.140. The number of ether oxygens (including phenoxy) is 1. The number of benzene rings is 2. The molecule has 41 heavy (non-hydrogen) atoms. The molecule has 4 atom stereocenters. The average Bonchev–Trinajstić information content (AvgIpc) is 3.21. The highest BCUT2D eigenvalue weighted by Gasteiger charge is 2.57. The highest BCUT2D eigenvalue weighted by Crippen LogP contribution is 2.50. The van der Waals surface area contributed by atoms with E-state index in [1.54, 1.807) is 6.07 Å². The molecular weight excluding hydrogens is 636 g/mol. The van der Waals surface area contributed by atoms with E-state index in [0.717, 1.165) is 27.8 Å². The number of carbonyl (C=O) groups excluding carboxylic acids is 2. The first-order valence-corrected chi connectivity index (χ1v) is 15.2. The lowest BCUT2D eigenvalue weighted by Crippen LogP contribution is -2.46. The monoisotopic (exact) mass is 671 g/mol. The van der Waals surface area contributed by atoms with Crippen molar-refractivity contribution in [3.8, 4) is 11.5 Å². The van der Waals surface area contributed by atoms with Gasteiger partial charge < -0.3 is 24.6 Å². The summed E-state index contributed by atoms with van der Waals surface area (Å²) in [5.74, 6) is -1.24. The molecule has 2 amide bonds. The van der Waals surface area contributed by atoms with Crippen LogP contribution >= 0.6 is 22.6 Å². The van der Waals surface area contributed by atoms with E-state index < -0.39 is 25.1 Å². The number of allylic oxidation sites excluding steroid dienone is 1. The second-order valence-corrected chi connectivity index (χ2v) is 12.1. The number of fused-ring (bicyclic) bond motifs is 3. The van der Waals surface area contributed by atoms with Crippen molar-refractivity contribution in [2.75, 3.05) is 20.3 Å². The third-order valence-electron chi connectivity index (χ3n) is 8.47. The highest BCUT2D eigenvalue weighted by molar-refractivity contribution is 14.1. The molecule has 2 aliphatic heterocycles. The fourth-order valence-electron chi connectivity index (χ4n) is 6.69. The molecule has 0 bridgehead atoms. The smallest absolute Gasteiger partial charge is 0.455 e. The third-order valence-corrected chi connectivity index (χ3v) is 9.29. The van der Waals surface area contributed by atoms with Crippen molar-refractivity contribution in [2.24, 2.45) is 17.8 Å². The molecule has 216 valence electrons. The van der Waals surface area contributed by atoms with Crippen molar-refractivity contribution in [3.63, 3.8) is 0 Å². The molecule has 2 aromatic rings. The van der Waals surface area contributed by atoms with Crippen LogP contribution in [0.5, 0.6) is 11.5 Å². The molecule has 0 spiro atoms. The van der Waals surface area contributed by atoms with Crippen LogP contribution in [0, 0.1) is 21.3 Å². The van der Waals surface area contributed by atoms with Gasteiger partial charge in [-0.2, -0.15) is 0 Å². The van der Waals surface area contributed by atoms with Crippen LogP contribution in [0.3, 0.4) is 0 Å². The van der Waals surface area contributed by atoms with E-state index >= 15 is 0 Å². The molecule has 1 aliphatic carbocycles. The van der Waals surface area contributed by atoms with Crippen LogP contribution in [0.25, 0.3) is 11.6 Å². The van der Waals surface area contributed by atoms with Crippen molar-refractivity contribution in [2.45, 2.75) is 45.0 Å². The molecular formula is C31H35BINO7. The van der Waals surface area contributed by atoms with E-state index in [0.29, 0.717) is 41.5 Å². The zero-order chi connectivity index (χ0) is 29.3. The number of aromatic hydroxyl groups is 1. The van der Waals surface area contributed by atoms with E-state index in [9.17, 15) is 24.8 Å². The Morgan fingerprint density at radius 2 is 1.95 bits per heavy atom. The Morgan fingerprint density at radius 3 is 2.63 bits per heavy atom.